The molecule has 0 amide bonds. The number of aromatic carboxylic acids is 1. The van der Waals surface area contributed by atoms with Crippen LogP contribution in [-0.2, 0) is 6.61 Å². The van der Waals surface area contributed by atoms with Gasteiger partial charge in [0.25, 0.3) is 0 Å². The minimum Gasteiger partial charge on any atom is -0.483 e. The van der Waals surface area contributed by atoms with Crippen molar-refractivity contribution in [3.05, 3.63) is 35.7 Å². The lowest BCUT2D eigenvalue weighted by Crippen LogP contribution is -2.04. The molecule has 0 unspecified atom stereocenters. The normalized spacial score (nSPS) is 14.3. The Kier molecular flexibility index (Phi) is 2.86. The van der Waals surface area contributed by atoms with Gasteiger partial charge in [0.05, 0.1) is 6.20 Å². The zero-order valence-corrected chi connectivity index (χ0v) is 9.94. The third kappa shape index (κ3) is 2.54. The minimum absolute atomic E-state index is 0.0564. The summed E-state index contributed by atoms with van der Waals surface area (Å²) >= 11 is 0. The van der Waals surface area contributed by atoms with E-state index in [0.717, 1.165) is 12.8 Å². The van der Waals surface area contributed by atoms with E-state index < -0.39 is 5.97 Å². The quantitative estimate of drug-likeness (QED) is 0.872. The van der Waals surface area contributed by atoms with E-state index in [4.69, 9.17) is 14.4 Å². The van der Waals surface area contributed by atoms with Gasteiger partial charge in [0.15, 0.2) is 12.4 Å². The molecule has 3 rings (SSSR count). The first-order valence-corrected chi connectivity index (χ1v) is 5.86. The van der Waals surface area contributed by atoms with Crippen LogP contribution in [0.2, 0.25) is 0 Å². The average molecular weight is 261 g/mol. The maximum atomic E-state index is 11.0. The van der Waals surface area contributed by atoms with Gasteiger partial charge in [0, 0.05) is 12.1 Å². The third-order valence-electron chi connectivity index (χ3n) is 2.78. The number of hydrogen-bond donors (Lipinski definition) is 1. The molecule has 0 radical (unpaired) electrons. The summed E-state index contributed by atoms with van der Waals surface area (Å²) in [6.45, 7) is 0.0577. The molecular weight excluding hydrogens is 250 g/mol. The largest absolute Gasteiger partial charge is 0.483 e. The van der Waals surface area contributed by atoms with Crippen molar-refractivity contribution in [2.24, 2.45) is 0 Å². The average Bonchev–Trinajstić information content (AvgIpc) is 3.16. The summed E-state index contributed by atoms with van der Waals surface area (Å²) in [7, 11) is 0. The van der Waals surface area contributed by atoms with Gasteiger partial charge in [-0.3, -0.25) is 4.98 Å². The van der Waals surface area contributed by atoms with E-state index in [1.54, 1.807) is 0 Å². The molecule has 1 fully saturated rings. The van der Waals surface area contributed by atoms with Crippen LogP contribution in [0.1, 0.15) is 40.8 Å². The lowest BCUT2D eigenvalue weighted by Gasteiger charge is -2.05. The number of carboxylic acid groups (broad SMARTS) is 1. The number of carboxylic acids is 1. The first-order valence-electron chi connectivity index (χ1n) is 5.86. The van der Waals surface area contributed by atoms with Crippen molar-refractivity contribution in [2.45, 2.75) is 25.4 Å². The van der Waals surface area contributed by atoms with E-state index in [0.29, 0.717) is 17.6 Å². The topological polar surface area (TPSA) is 98.3 Å². The summed E-state index contributed by atoms with van der Waals surface area (Å²) in [6.07, 6.45) is 4.91. The smallest absolute Gasteiger partial charge is 0.339 e. The molecule has 1 aliphatic rings. The molecule has 0 bridgehead atoms. The second-order valence-electron chi connectivity index (χ2n) is 4.29. The van der Waals surface area contributed by atoms with Crippen molar-refractivity contribution in [1.29, 1.82) is 0 Å². The molecule has 2 heterocycles. The second kappa shape index (κ2) is 4.68. The monoisotopic (exact) mass is 261 g/mol. The fourth-order valence-corrected chi connectivity index (χ4v) is 1.64. The lowest BCUT2D eigenvalue weighted by molar-refractivity contribution is 0.0691. The summed E-state index contributed by atoms with van der Waals surface area (Å²) in [5.74, 6) is 0.538. The molecule has 0 saturated heterocycles. The number of ether oxygens (including phenoxy) is 1. The van der Waals surface area contributed by atoms with Crippen molar-refractivity contribution in [2.75, 3.05) is 0 Å². The van der Waals surface area contributed by atoms with Gasteiger partial charge in [-0.2, -0.15) is 4.98 Å². The molecule has 98 valence electrons. The predicted molar refractivity (Wildman–Crippen MR) is 61.8 cm³/mol. The van der Waals surface area contributed by atoms with Crippen LogP contribution in [0.25, 0.3) is 0 Å². The summed E-state index contributed by atoms with van der Waals surface area (Å²) in [6, 6.07) is 1.38. The fraction of sp³-hybridized carbons (Fsp3) is 0.333. The van der Waals surface area contributed by atoms with Crippen LogP contribution in [0, 0.1) is 0 Å². The molecule has 0 aliphatic heterocycles. The number of pyridine rings is 1. The number of rotatable bonds is 5. The molecular formula is C12H11N3O4. The highest BCUT2D eigenvalue weighted by Crippen LogP contribution is 2.38. The predicted octanol–water partition coefficient (Wildman–Crippen LogP) is 1.62. The van der Waals surface area contributed by atoms with Crippen LogP contribution in [-0.4, -0.2) is 26.2 Å². The molecule has 0 atom stereocenters. The van der Waals surface area contributed by atoms with Crippen molar-refractivity contribution < 1.29 is 19.2 Å². The maximum absolute atomic E-state index is 11.0. The van der Waals surface area contributed by atoms with Gasteiger partial charge in [-0.25, -0.2) is 4.79 Å². The van der Waals surface area contributed by atoms with Crippen LogP contribution in [0.4, 0.5) is 0 Å². The molecule has 1 saturated carbocycles. The van der Waals surface area contributed by atoms with Gasteiger partial charge in [0.2, 0.25) is 11.7 Å². The molecule has 2 aromatic rings. The highest BCUT2D eigenvalue weighted by atomic mass is 16.5. The van der Waals surface area contributed by atoms with Crippen molar-refractivity contribution in [1.82, 2.24) is 15.1 Å². The van der Waals surface area contributed by atoms with E-state index >= 15 is 0 Å². The zero-order chi connectivity index (χ0) is 13.2. The summed E-state index contributed by atoms with van der Waals surface area (Å²) in [4.78, 5) is 19.0. The van der Waals surface area contributed by atoms with Gasteiger partial charge in [-0.05, 0) is 18.9 Å². The minimum atomic E-state index is -1.07. The third-order valence-corrected chi connectivity index (χ3v) is 2.78. The molecule has 7 heteroatoms. The van der Waals surface area contributed by atoms with E-state index in [-0.39, 0.29) is 17.9 Å². The lowest BCUT2D eigenvalue weighted by atomic mass is 10.2. The van der Waals surface area contributed by atoms with Gasteiger partial charge in [-0.1, -0.05) is 5.16 Å². The van der Waals surface area contributed by atoms with Gasteiger partial charge >= 0.3 is 5.97 Å². The molecule has 2 aromatic heterocycles. The molecule has 7 nitrogen and oxygen atoms in total. The van der Waals surface area contributed by atoms with Crippen LogP contribution >= 0.6 is 0 Å². The molecule has 0 aromatic carbocycles. The Hall–Kier alpha value is -2.44. The van der Waals surface area contributed by atoms with Gasteiger partial charge in [-0.15, -0.1) is 0 Å². The molecule has 1 aliphatic carbocycles. The second-order valence-corrected chi connectivity index (χ2v) is 4.29. The Bertz CT molecular complexity index is 607. The fourth-order valence-electron chi connectivity index (χ4n) is 1.64. The number of aromatic nitrogens is 3. The van der Waals surface area contributed by atoms with Crippen LogP contribution in [0.5, 0.6) is 5.75 Å². The molecule has 19 heavy (non-hydrogen) atoms. The standard InChI is InChI=1S/C12H11N3O4/c16-12(17)8-3-4-13-5-9(8)18-6-10-14-11(19-15-10)7-1-2-7/h3-5,7H,1-2,6H2,(H,16,17). The van der Waals surface area contributed by atoms with Crippen LogP contribution in [0.15, 0.2) is 23.0 Å². The number of hydrogen-bond acceptors (Lipinski definition) is 6. The SMILES string of the molecule is O=C(O)c1ccncc1OCc1noc(C2CC2)n1. The zero-order valence-electron chi connectivity index (χ0n) is 9.94. The van der Waals surface area contributed by atoms with Gasteiger partial charge < -0.3 is 14.4 Å². The Labute approximate surface area is 108 Å². The summed E-state index contributed by atoms with van der Waals surface area (Å²) in [5.41, 5.74) is 0.0564. The number of carbonyl (C=O) groups is 1. The Morgan fingerprint density at radius 3 is 3.11 bits per heavy atom. The molecule has 1 N–H and O–H groups in total. The van der Waals surface area contributed by atoms with E-state index in [2.05, 4.69) is 15.1 Å². The Balaban J connectivity index is 1.69. The highest BCUT2D eigenvalue weighted by molar-refractivity contribution is 5.90. The van der Waals surface area contributed by atoms with Crippen molar-refractivity contribution in [3.8, 4) is 5.75 Å². The summed E-state index contributed by atoms with van der Waals surface area (Å²) in [5, 5.41) is 12.8. The molecule has 0 spiro atoms. The first kappa shape index (κ1) is 11.6. The highest BCUT2D eigenvalue weighted by Gasteiger charge is 2.29. The van der Waals surface area contributed by atoms with Crippen molar-refractivity contribution >= 4 is 5.97 Å². The van der Waals surface area contributed by atoms with Crippen molar-refractivity contribution in [3.63, 3.8) is 0 Å². The Morgan fingerprint density at radius 1 is 1.53 bits per heavy atom. The Morgan fingerprint density at radius 2 is 2.37 bits per heavy atom. The van der Waals surface area contributed by atoms with Crippen LogP contribution in [0.3, 0.4) is 0 Å². The van der Waals surface area contributed by atoms with Gasteiger partial charge in [0.1, 0.15) is 5.56 Å². The van der Waals surface area contributed by atoms with E-state index in [9.17, 15) is 4.79 Å². The summed E-state index contributed by atoms with van der Waals surface area (Å²) < 4.78 is 10.5. The van der Waals surface area contributed by atoms with E-state index in [1.165, 1.54) is 18.5 Å². The maximum Gasteiger partial charge on any atom is 0.339 e. The first-order chi connectivity index (χ1) is 9.24. The van der Waals surface area contributed by atoms with Crippen LogP contribution < -0.4 is 4.74 Å². The number of nitrogens with zero attached hydrogens (tertiary/aromatic N) is 3. The van der Waals surface area contributed by atoms with E-state index in [1.807, 2.05) is 0 Å².